The van der Waals surface area contributed by atoms with E-state index in [1.807, 2.05) is 0 Å². The monoisotopic (exact) mass is 276 g/mol. The van der Waals surface area contributed by atoms with Gasteiger partial charge in [0, 0.05) is 26.2 Å². The van der Waals surface area contributed by atoms with Gasteiger partial charge in [-0.3, -0.25) is 0 Å². The van der Waals surface area contributed by atoms with Gasteiger partial charge in [0.2, 0.25) is 0 Å². The average molecular weight is 276 g/mol. The van der Waals surface area contributed by atoms with E-state index in [0.29, 0.717) is 39.0 Å². The van der Waals surface area contributed by atoms with Crippen LogP contribution in [0.4, 0.5) is 0 Å². The fourth-order valence-corrected chi connectivity index (χ4v) is 4.32. The third-order valence-electron chi connectivity index (χ3n) is 4.02. The zero-order valence-corrected chi connectivity index (χ0v) is 12.0. The second-order valence-electron chi connectivity index (χ2n) is 5.72. The van der Waals surface area contributed by atoms with E-state index in [9.17, 15) is 13.5 Å². The molecule has 2 aliphatic rings. The molecule has 18 heavy (non-hydrogen) atoms. The van der Waals surface area contributed by atoms with Gasteiger partial charge in [-0.25, -0.2) is 0 Å². The number of piperidine rings is 1. The normalized spacial score (nSPS) is 27.9. The van der Waals surface area contributed by atoms with Crippen molar-refractivity contribution in [2.45, 2.75) is 51.0 Å². The number of hydrogen-bond donors (Lipinski definition) is 1. The lowest BCUT2D eigenvalue weighted by Gasteiger charge is -2.37. The first kappa shape index (κ1) is 14.2. The van der Waals surface area contributed by atoms with Crippen LogP contribution >= 0.6 is 0 Å². The number of aliphatic hydroxyl groups is 1. The predicted octanol–water partition coefficient (Wildman–Crippen LogP) is 0.954. The highest BCUT2D eigenvalue weighted by molar-refractivity contribution is 7.86. The number of nitrogens with zero attached hydrogens (tertiary/aromatic N) is 2. The highest BCUT2D eigenvalue weighted by Crippen LogP contribution is 2.25. The minimum Gasteiger partial charge on any atom is -0.390 e. The molecule has 5 nitrogen and oxygen atoms in total. The molecular formula is C12H24N2O3S. The minimum absolute atomic E-state index is 0.436. The lowest BCUT2D eigenvalue weighted by Crippen LogP contribution is -2.50. The van der Waals surface area contributed by atoms with E-state index >= 15 is 0 Å². The fraction of sp³-hybridized carbons (Fsp3) is 1.00. The van der Waals surface area contributed by atoms with Gasteiger partial charge in [0.15, 0.2) is 0 Å². The van der Waals surface area contributed by atoms with E-state index in [1.54, 1.807) is 11.2 Å². The van der Waals surface area contributed by atoms with Crippen LogP contribution in [0.3, 0.4) is 0 Å². The molecule has 0 saturated carbocycles. The van der Waals surface area contributed by atoms with Gasteiger partial charge in [-0.15, -0.1) is 0 Å². The molecule has 1 N–H and O–H groups in total. The Labute approximate surface area is 110 Å². The van der Waals surface area contributed by atoms with E-state index in [-0.39, 0.29) is 0 Å². The molecule has 0 bridgehead atoms. The van der Waals surface area contributed by atoms with Gasteiger partial charge in [-0.2, -0.15) is 17.0 Å². The molecule has 0 atom stereocenters. The van der Waals surface area contributed by atoms with Crippen LogP contribution in [0.2, 0.25) is 0 Å². The smallest absolute Gasteiger partial charge is 0.281 e. The van der Waals surface area contributed by atoms with Crippen molar-refractivity contribution in [3.63, 3.8) is 0 Å². The quantitative estimate of drug-likeness (QED) is 0.817. The zero-order valence-electron chi connectivity index (χ0n) is 11.1. The van der Waals surface area contributed by atoms with Gasteiger partial charge in [0.1, 0.15) is 0 Å². The van der Waals surface area contributed by atoms with Crippen LogP contribution in [0.1, 0.15) is 45.4 Å². The Morgan fingerprint density at radius 3 is 1.83 bits per heavy atom. The molecule has 0 aromatic carbocycles. The Kier molecular flexibility index (Phi) is 4.31. The van der Waals surface area contributed by atoms with Crippen LogP contribution in [0, 0.1) is 0 Å². The molecule has 0 spiro atoms. The largest absolute Gasteiger partial charge is 0.390 e. The highest BCUT2D eigenvalue weighted by Gasteiger charge is 2.36. The average Bonchev–Trinajstić information content (AvgIpc) is 2.57. The standard InChI is InChI=1S/C12H24N2O3S/c1-12(15)6-10-14(11-7-12)18(16,17)13-8-4-2-3-5-9-13/h15H,2-11H2,1H3. The van der Waals surface area contributed by atoms with E-state index < -0.39 is 15.8 Å². The molecule has 2 heterocycles. The molecule has 0 radical (unpaired) electrons. The summed E-state index contributed by atoms with van der Waals surface area (Å²) in [6.07, 6.45) is 5.23. The Morgan fingerprint density at radius 2 is 1.33 bits per heavy atom. The highest BCUT2D eigenvalue weighted by atomic mass is 32.2. The first-order valence-corrected chi connectivity index (χ1v) is 8.29. The van der Waals surface area contributed by atoms with Crippen LogP contribution in [-0.4, -0.2) is 53.9 Å². The van der Waals surface area contributed by atoms with Gasteiger partial charge in [0.25, 0.3) is 10.2 Å². The second kappa shape index (κ2) is 5.45. The summed E-state index contributed by atoms with van der Waals surface area (Å²) >= 11 is 0. The van der Waals surface area contributed by atoms with Crippen molar-refractivity contribution in [2.75, 3.05) is 26.2 Å². The summed E-state index contributed by atoms with van der Waals surface area (Å²) in [4.78, 5) is 0. The van der Waals surface area contributed by atoms with Crippen molar-refractivity contribution in [1.82, 2.24) is 8.61 Å². The molecule has 6 heteroatoms. The van der Waals surface area contributed by atoms with Gasteiger partial charge in [-0.05, 0) is 32.6 Å². The molecule has 2 rings (SSSR count). The Morgan fingerprint density at radius 1 is 0.889 bits per heavy atom. The number of hydrogen-bond acceptors (Lipinski definition) is 3. The third-order valence-corrected chi connectivity index (χ3v) is 6.05. The summed E-state index contributed by atoms with van der Waals surface area (Å²) in [7, 11) is -3.30. The predicted molar refractivity (Wildman–Crippen MR) is 70.4 cm³/mol. The van der Waals surface area contributed by atoms with Gasteiger partial charge >= 0.3 is 0 Å². The molecule has 2 aliphatic heterocycles. The topological polar surface area (TPSA) is 60.9 Å². The Balaban J connectivity index is 2.02. The molecule has 106 valence electrons. The van der Waals surface area contributed by atoms with Gasteiger partial charge in [-0.1, -0.05) is 12.8 Å². The first-order valence-electron chi connectivity index (χ1n) is 6.89. The minimum atomic E-state index is -3.30. The van der Waals surface area contributed by atoms with Crippen molar-refractivity contribution < 1.29 is 13.5 Å². The van der Waals surface area contributed by atoms with Crippen molar-refractivity contribution in [3.05, 3.63) is 0 Å². The summed E-state index contributed by atoms with van der Waals surface area (Å²) in [5.41, 5.74) is -0.704. The van der Waals surface area contributed by atoms with E-state index in [0.717, 1.165) is 25.7 Å². The van der Waals surface area contributed by atoms with Crippen LogP contribution in [0.15, 0.2) is 0 Å². The van der Waals surface area contributed by atoms with E-state index in [2.05, 4.69) is 0 Å². The SMILES string of the molecule is CC1(O)CCN(S(=O)(=O)N2CCCCCC2)CC1. The summed E-state index contributed by atoms with van der Waals surface area (Å²) in [6, 6.07) is 0. The van der Waals surface area contributed by atoms with Crippen LogP contribution < -0.4 is 0 Å². The van der Waals surface area contributed by atoms with Gasteiger partial charge < -0.3 is 5.11 Å². The van der Waals surface area contributed by atoms with Crippen LogP contribution in [-0.2, 0) is 10.2 Å². The maximum absolute atomic E-state index is 12.5. The molecule has 2 fully saturated rings. The van der Waals surface area contributed by atoms with Crippen molar-refractivity contribution in [3.8, 4) is 0 Å². The zero-order chi connectivity index (χ0) is 13.2. The first-order chi connectivity index (χ1) is 8.42. The van der Waals surface area contributed by atoms with E-state index in [4.69, 9.17) is 0 Å². The van der Waals surface area contributed by atoms with Crippen molar-refractivity contribution >= 4 is 10.2 Å². The summed E-state index contributed by atoms with van der Waals surface area (Å²) < 4.78 is 28.1. The fourth-order valence-electron chi connectivity index (χ4n) is 2.63. The Hall–Kier alpha value is -0.170. The summed E-state index contributed by atoms with van der Waals surface area (Å²) in [5, 5.41) is 9.88. The molecular weight excluding hydrogens is 252 g/mol. The van der Waals surface area contributed by atoms with E-state index in [1.165, 1.54) is 4.31 Å². The lowest BCUT2D eigenvalue weighted by molar-refractivity contribution is 0.0115. The van der Waals surface area contributed by atoms with Gasteiger partial charge in [0.05, 0.1) is 5.60 Å². The van der Waals surface area contributed by atoms with Crippen molar-refractivity contribution in [2.24, 2.45) is 0 Å². The molecule has 0 unspecified atom stereocenters. The molecule has 0 aromatic heterocycles. The second-order valence-corrected chi connectivity index (χ2v) is 7.65. The molecule has 0 amide bonds. The third kappa shape index (κ3) is 3.23. The lowest BCUT2D eigenvalue weighted by atomic mass is 9.95. The van der Waals surface area contributed by atoms with Crippen molar-refractivity contribution in [1.29, 1.82) is 0 Å². The molecule has 0 aromatic rings. The summed E-state index contributed by atoms with van der Waals surface area (Å²) in [5.74, 6) is 0. The number of rotatable bonds is 2. The Bertz CT molecular complexity index is 363. The van der Waals surface area contributed by atoms with Crippen LogP contribution in [0.5, 0.6) is 0 Å². The maximum atomic E-state index is 12.5. The molecule has 2 saturated heterocycles. The van der Waals surface area contributed by atoms with Crippen LogP contribution in [0.25, 0.3) is 0 Å². The maximum Gasteiger partial charge on any atom is 0.281 e. The molecule has 0 aliphatic carbocycles. The summed E-state index contributed by atoms with van der Waals surface area (Å²) in [6.45, 7) is 3.95.